The first kappa shape index (κ1) is 19.7. The van der Waals surface area contributed by atoms with E-state index >= 15 is 0 Å². The fraction of sp³-hybridized carbons (Fsp3) is 0.316. The Labute approximate surface area is 151 Å². The Bertz CT molecular complexity index is 723. The van der Waals surface area contributed by atoms with Crippen LogP contribution in [0.4, 0.5) is 20.2 Å². The van der Waals surface area contributed by atoms with Gasteiger partial charge in [-0.05, 0) is 61.7 Å². The average molecular weight is 363 g/mol. The van der Waals surface area contributed by atoms with Gasteiger partial charge < -0.3 is 21.5 Å². The standard InChI is InChI=1S/C19H23F2N3O2/c20-14-7-5-13(6-8-14)19(26)23-11-3-1-2-4-18(25)24-17-12-15(21)9-10-16(17)22/h5-10,12,18,24-25H,1-4,11,22H2,(H,23,26). The summed E-state index contributed by atoms with van der Waals surface area (Å²) in [6.45, 7) is 0.497. The third-order valence-electron chi connectivity index (χ3n) is 3.88. The van der Waals surface area contributed by atoms with Gasteiger partial charge in [-0.15, -0.1) is 0 Å². The van der Waals surface area contributed by atoms with Crippen LogP contribution in [-0.2, 0) is 0 Å². The number of nitrogen functional groups attached to an aromatic ring is 1. The Morgan fingerprint density at radius 1 is 1.04 bits per heavy atom. The molecule has 2 aromatic carbocycles. The molecule has 1 amide bonds. The van der Waals surface area contributed by atoms with Crippen molar-refractivity contribution in [3.8, 4) is 0 Å². The maximum Gasteiger partial charge on any atom is 0.251 e. The van der Waals surface area contributed by atoms with Crippen LogP contribution in [0.25, 0.3) is 0 Å². The third-order valence-corrected chi connectivity index (χ3v) is 3.88. The lowest BCUT2D eigenvalue weighted by molar-refractivity contribution is 0.0952. The maximum atomic E-state index is 13.2. The molecule has 2 rings (SSSR count). The van der Waals surface area contributed by atoms with Crippen LogP contribution < -0.4 is 16.4 Å². The van der Waals surface area contributed by atoms with E-state index in [-0.39, 0.29) is 11.7 Å². The second-order valence-electron chi connectivity index (χ2n) is 6.00. The number of amides is 1. The van der Waals surface area contributed by atoms with Gasteiger partial charge in [0.05, 0.1) is 11.4 Å². The van der Waals surface area contributed by atoms with Gasteiger partial charge in [0.1, 0.15) is 17.9 Å². The Morgan fingerprint density at radius 3 is 2.46 bits per heavy atom. The monoisotopic (exact) mass is 363 g/mol. The lowest BCUT2D eigenvalue weighted by Crippen LogP contribution is -2.24. The molecule has 0 fully saturated rings. The highest BCUT2D eigenvalue weighted by atomic mass is 19.1. The van der Waals surface area contributed by atoms with E-state index in [1.807, 2.05) is 0 Å². The second-order valence-corrected chi connectivity index (χ2v) is 6.00. The summed E-state index contributed by atoms with van der Waals surface area (Å²) >= 11 is 0. The Hall–Kier alpha value is -2.67. The van der Waals surface area contributed by atoms with Crippen molar-refractivity contribution in [1.29, 1.82) is 0 Å². The fourth-order valence-corrected chi connectivity index (χ4v) is 2.45. The number of nitrogens with one attached hydrogen (secondary N) is 2. The van der Waals surface area contributed by atoms with Gasteiger partial charge in [-0.25, -0.2) is 8.78 Å². The minimum Gasteiger partial charge on any atom is -0.397 e. The molecular formula is C19H23F2N3O2. The quantitative estimate of drug-likeness (QED) is 0.313. The molecule has 0 heterocycles. The van der Waals surface area contributed by atoms with E-state index in [1.165, 1.54) is 42.5 Å². The predicted molar refractivity (Wildman–Crippen MR) is 97.6 cm³/mol. The van der Waals surface area contributed by atoms with Crippen LogP contribution in [0.3, 0.4) is 0 Å². The molecule has 0 aliphatic carbocycles. The average Bonchev–Trinajstić information content (AvgIpc) is 2.61. The van der Waals surface area contributed by atoms with Gasteiger partial charge in [-0.1, -0.05) is 6.42 Å². The highest BCUT2D eigenvalue weighted by molar-refractivity contribution is 5.94. The number of benzene rings is 2. The first-order chi connectivity index (χ1) is 12.5. The van der Waals surface area contributed by atoms with Crippen molar-refractivity contribution < 1.29 is 18.7 Å². The summed E-state index contributed by atoms with van der Waals surface area (Å²) < 4.78 is 26.0. The molecular weight excluding hydrogens is 340 g/mol. The molecule has 0 saturated heterocycles. The summed E-state index contributed by atoms with van der Waals surface area (Å²) in [6, 6.07) is 9.30. The number of hydrogen-bond acceptors (Lipinski definition) is 4. The normalized spacial score (nSPS) is 11.8. The van der Waals surface area contributed by atoms with Crippen LogP contribution in [0.15, 0.2) is 42.5 Å². The Balaban J connectivity index is 1.60. The van der Waals surface area contributed by atoms with Crippen LogP contribution >= 0.6 is 0 Å². The molecule has 0 saturated carbocycles. The number of nitrogens with two attached hydrogens (primary N) is 1. The highest BCUT2D eigenvalue weighted by Gasteiger charge is 2.08. The summed E-state index contributed by atoms with van der Waals surface area (Å²) in [5, 5.41) is 15.5. The number of aliphatic hydroxyl groups excluding tert-OH is 1. The smallest absolute Gasteiger partial charge is 0.251 e. The minimum absolute atomic E-state index is 0.242. The molecule has 140 valence electrons. The molecule has 0 aromatic heterocycles. The van der Waals surface area contributed by atoms with Gasteiger partial charge >= 0.3 is 0 Å². The highest BCUT2D eigenvalue weighted by Crippen LogP contribution is 2.20. The molecule has 7 heteroatoms. The number of carbonyl (C=O) groups is 1. The van der Waals surface area contributed by atoms with Gasteiger partial charge in [0.25, 0.3) is 5.91 Å². The van der Waals surface area contributed by atoms with Gasteiger partial charge in [-0.2, -0.15) is 0 Å². The summed E-state index contributed by atoms with van der Waals surface area (Å²) in [5.74, 6) is -1.05. The van der Waals surface area contributed by atoms with E-state index < -0.39 is 12.0 Å². The largest absolute Gasteiger partial charge is 0.397 e. The second kappa shape index (κ2) is 9.72. The first-order valence-corrected chi connectivity index (χ1v) is 8.49. The summed E-state index contributed by atoms with van der Waals surface area (Å²) in [6.07, 6.45) is 1.94. The van der Waals surface area contributed by atoms with Crippen LogP contribution in [0, 0.1) is 11.6 Å². The molecule has 26 heavy (non-hydrogen) atoms. The number of halogens is 2. The van der Waals surface area contributed by atoms with E-state index in [1.54, 1.807) is 0 Å². The zero-order valence-electron chi connectivity index (χ0n) is 14.3. The number of rotatable bonds is 9. The number of aliphatic hydroxyl groups is 1. The van der Waals surface area contributed by atoms with Crippen LogP contribution in [-0.4, -0.2) is 23.8 Å². The van der Waals surface area contributed by atoms with Crippen LogP contribution in [0.1, 0.15) is 36.0 Å². The first-order valence-electron chi connectivity index (χ1n) is 8.49. The van der Waals surface area contributed by atoms with Crippen molar-refractivity contribution in [3.05, 3.63) is 59.7 Å². The summed E-state index contributed by atoms with van der Waals surface area (Å²) in [5.41, 5.74) is 6.87. The van der Waals surface area contributed by atoms with Crippen LogP contribution in [0.2, 0.25) is 0 Å². The Morgan fingerprint density at radius 2 is 1.73 bits per heavy atom. The molecule has 2 aromatic rings. The maximum absolute atomic E-state index is 13.2. The lowest BCUT2D eigenvalue weighted by atomic mass is 10.1. The molecule has 1 unspecified atom stereocenters. The van der Waals surface area contributed by atoms with E-state index in [0.717, 1.165) is 19.3 Å². The van der Waals surface area contributed by atoms with Crippen molar-refractivity contribution in [2.75, 3.05) is 17.6 Å². The lowest BCUT2D eigenvalue weighted by Gasteiger charge is -2.15. The summed E-state index contributed by atoms with van der Waals surface area (Å²) in [4.78, 5) is 11.8. The molecule has 0 bridgehead atoms. The third kappa shape index (κ3) is 6.33. The molecule has 5 N–H and O–H groups in total. The molecule has 0 radical (unpaired) electrons. The van der Waals surface area contributed by atoms with Crippen molar-refractivity contribution in [3.63, 3.8) is 0 Å². The topological polar surface area (TPSA) is 87.4 Å². The van der Waals surface area contributed by atoms with E-state index in [2.05, 4.69) is 10.6 Å². The van der Waals surface area contributed by atoms with Gasteiger partial charge in [0.15, 0.2) is 0 Å². The van der Waals surface area contributed by atoms with Gasteiger partial charge in [0, 0.05) is 12.1 Å². The van der Waals surface area contributed by atoms with E-state index in [0.29, 0.717) is 29.9 Å². The molecule has 1 atom stereocenters. The van der Waals surface area contributed by atoms with Gasteiger partial charge in [-0.3, -0.25) is 4.79 Å². The zero-order valence-corrected chi connectivity index (χ0v) is 14.3. The number of anilines is 2. The zero-order chi connectivity index (χ0) is 18.9. The number of unbranched alkanes of at least 4 members (excludes halogenated alkanes) is 2. The molecule has 0 aliphatic heterocycles. The van der Waals surface area contributed by atoms with E-state index in [9.17, 15) is 18.7 Å². The number of hydrogen-bond donors (Lipinski definition) is 4. The minimum atomic E-state index is -0.826. The van der Waals surface area contributed by atoms with Crippen molar-refractivity contribution in [2.45, 2.75) is 31.9 Å². The summed E-state index contributed by atoms with van der Waals surface area (Å²) in [7, 11) is 0. The molecule has 0 aliphatic rings. The van der Waals surface area contributed by atoms with Crippen molar-refractivity contribution >= 4 is 17.3 Å². The molecule has 0 spiro atoms. The molecule has 5 nitrogen and oxygen atoms in total. The predicted octanol–water partition coefficient (Wildman–Crippen LogP) is 3.27. The fourth-order valence-electron chi connectivity index (χ4n) is 2.45. The SMILES string of the molecule is Nc1ccc(F)cc1NC(O)CCCCCNC(=O)c1ccc(F)cc1. The van der Waals surface area contributed by atoms with Crippen LogP contribution in [0.5, 0.6) is 0 Å². The van der Waals surface area contributed by atoms with Gasteiger partial charge in [0.2, 0.25) is 0 Å². The Kier molecular flexibility index (Phi) is 7.35. The van der Waals surface area contributed by atoms with E-state index in [4.69, 9.17) is 5.73 Å². The van der Waals surface area contributed by atoms with Crippen molar-refractivity contribution in [1.82, 2.24) is 5.32 Å². The number of carbonyl (C=O) groups excluding carboxylic acids is 1. The van der Waals surface area contributed by atoms with Crippen molar-refractivity contribution in [2.24, 2.45) is 0 Å².